The van der Waals surface area contributed by atoms with Crippen molar-refractivity contribution < 1.29 is 13.9 Å². The Balaban J connectivity index is 2.30. The lowest BCUT2D eigenvalue weighted by molar-refractivity contribution is 0.254. The lowest BCUT2D eigenvalue weighted by Gasteiger charge is -2.20. The number of alkyl halides is 1. The Morgan fingerprint density at radius 2 is 2.33 bits per heavy atom. The molecule has 0 N–H and O–H groups in total. The number of halogens is 2. The first-order valence-electron chi connectivity index (χ1n) is 4.96. The molecule has 0 bridgehead atoms. The first-order valence-corrected chi connectivity index (χ1v) is 6.08. The van der Waals surface area contributed by atoms with Gasteiger partial charge < -0.3 is 9.47 Å². The number of benzene rings is 1. The normalized spacial score (nSPS) is 14.3. The van der Waals surface area contributed by atoms with Gasteiger partial charge in [0.05, 0.1) is 13.2 Å². The molecule has 15 heavy (non-hydrogen) atoms. The Bertz CT molecular complexity index is 355. The Labute approximate surface area is 96.5 Å². The van der Waals surface area contributed by atoms with Crippen LogP contribution < -0.4 is 9.47 Å². The van der Waals surface area contributed by atoms with Gasteiger partial charge in [-0.2, -0.15) is 0 Å². The third-order valence-electron chi connectivity index (χ3n) is 2.32. The molecule has 2 nitrogen and oxygen atoms in total. The molecule has 0 atom stereocenters. The summed E-state index contributed by atoms with van der Waals surface area (Å²) in [6.07, 6.45) is 1.60. The molecule has 1 aromatic rings. The lowest BCUT2D eigenvalue weighted by atomic mass is 10.1. The second-order valence-electron chi connectivity index (χ2n) is 3.34. The van der Waals surface area contributed by atoms with Crippen LogP contribution in [0.2, 0.25) is 0 Å². The zero-order valence-electron chi connectivity index (χ0n) is 8.26. The maximum atomic E-state index is 13.4. The molecule has 1 heterocycles. The van der Waals surface area contributed by atoms with Gasteiger partial charge >= 0.3 is 0 Å². The van der Waals surface area contributed by atoms with Crippen LogP contribution in [0.3, 0.4) is 0 Å². The van der Waals surface area contributed by atoms with Gasteiger partial charge in [0.15, 0.2) is 11.5 Å². The van der Waals surface area contributed by atoms with Crippen molar-refractivity contribution in [3.63, 3.8) is 0 Å². The molecule has 2 rings (SSSR count). The Morgan fingerprint density at radius 1 is 1.47 bits per heavy atom. The summed E-state index contributed by atoms with van der Waals surface area (Å²) in [6, 6.07) is 3.07. The van der Waals surface area contributed by atoms with Gasteiger partial charge in [0, 0.05) is 10.9 Å². The molecule has 0 radical (unpaired) electrons. The summed E-state index contributed by atoms with van der Waals surface area (Å²) in [5.74, 6) is 1.03. The number of hydrogen-bond acceptors (Lipinski definition) is 2. The van der Waals surface area contributed by atoms with Crippen LogP contribution in [-0.4, -0.2) is 18.5 Å². The largest absolute Gasteiger partial charge is 0.489 e. The molecule has 1 aromatic carbocycles. The molecule has 0 aliphatic carbocycles. The van der Waals surface area contributed by atoms with Gasteiger partial charge in [0.1, 0.15) is 5.82 Å². The van der Waals surface area contributed by atoms with E-state index in [1.807, 2.05) is 0 Å². The van der Waals surface area contributed by atoms with Gasteiger partial charge in [0.25, 0.3) is 0 Å². The maximum Gasteiger partial charge on any atom is 0.167 e. The summed E-state index contributed by atoms with van der Waals surface area (Å²) in [5.41, 5.74) is 0.647. The Kier molecular flexibility index (Phi) is 3.46. The van der Waals surface area contributed by atoms with Crippen molar-refractivity contribution in [3.8, 4) is 11.5 Å². The second-order valence-corrected chi connectivity index (χ2v) is 4.14. The van der Waals surface area contributed by atoms with E-state index in [1.54, 1.807) is 6.07 Å². The summed E-state index contributed by atoms with van der Waals surface area (Å²) in [5, 5.41) is 0.749. The van der Waals surface area contributed by atoms with Crippen molar-refractivity contribution in [1.29, 1.82) is 0 Å². The number of ether oxygens (including phenoxy) is 2. The predicted molar refractivity (Wildman–Crippen MR) is 59.5 cm³/mol. The standard InChI is InChI=1S/C11H12BrFO2/c12-5-7-14-10-4-3-9(13)8-2-1-6-15-11(8)10/h3-4H,1-2,5-7H2. The first-order chi connectivity index (χ1) is 7.33. The fraction of sp³-hybridized carbons (Fsp3) is 0.455. The van der Waals surface area contributed by atoms with Crippen LogP contribution >= 0.6 is 15.9 Å². The van der Waals surface area contributed by atoms with Crippen molar-refractivity contribution in [2.75, 3.05) is 18.5 Å². The molecule has 0 fully saturated rings. The van der Waals surface area contributed by atoms with E-state index < -0.39 is 0 Å². The van der Waals surface area contributed by atoms with Crippen LogP contribution in [0, 0.1) is 5.82 Å². The van der Waals surface area contributed by atoms with Crippen LogP contribution in [0.1, 0.15) is 12.0 Å². The highest BCUT2D eigenvalue weighted by Gasteiger charge is 2.19. The summed E-state index contributed by atoms with van der Waals surface area (Å²) in [6.45, 7) is 1.20. The van der Waals surface area contributed by atoms with Gasteiger partial charge in [-0.25, -0.2) is 4.39 Å². The zero-order valence-corrected chi connectivity index (χ0v) is 9.85. The summed E-state index contributed by atoms with van der Waals surface area (Å²) in [4.78, 5) is 0. The SMILES string of the molecule is Fc1ccc(OCCBr)c2c1CCCO2. The number of fused-ring (bicyclic) bond motifs is 1. The van der Waals surface area contributed by atoms with E-state index in [1.165, 1.54) is 6.07 Å². The van der Waals surface area contributed by atoms with Gasteiger partial charge in [-0.15, -0.1) is 0 Å². The monoisotopic (exact) mass is 274 g/mol. The van der Waals surface area contributed by atoms with Gasteiger partial charge in [-0.3, -0.25) is 0 Å². The third kappa shape index (κ3) is 2.25. The van der Waals surface area contributed by atoms with Crippen molar-refractivity contribution in [1.82, 2.24) is 0 Å². The highest BCUT2D eigenvalue weighted by Crippen LogP contribution is 2.36. The molecule has 1 aliphatic rings. The number of rotatable bonds is 3. The molecule has 0 saturated carbocycles. The van der Waals surface area contributed by atoms with E-state index >= 15 is 0 Å². The van der Waals surface area contributed by atoms with Gasteiger partial charge in [0.2, 0.25) is 0 Å². The van der Waals surface area contributed by atoms with Crippen LogP contribution in [0.15, 0.2) is 12.1 Å². The molecule has 0 spiro atoms. The topological polar surface area (TPSA) is 18.5 Å². The molecule has 0 saturated heterocycles. The highest BCUT2D eigenvalue weighted by molar-refractivity contribution is 9.09. The molecule has 1 aliphatic heterocycles. The lowest BCUT2D eigenvalue weighted by Crippen LogP contribution is -2.12. The van der Waals surface area contributed by atoms with Crippen molar-refractivity contribution in [3.05, 3.63) is 23.5 Å². The van der Waals surface area contributed by atoms with Crippen LogP contribution in [0.5, 0.6) is 11.5 Å². The van der Waals surface area contributed by atoms with Crippen LogP contribution in [0.4, 0.5) is 4.39 Å². The van der Waals surface area contributed by atoms with E-state index in [-0.39, 0.29) is 5.82 Å². The van der Waals surface area contributed by atoms with Gasteiger partial charge in [-0.05, 0) is 25.0 Å². The van der Waals surface area contributed by atoms with E-state index in [0.717, 1.165) is 18.2 Å². The zero-order chi connectivity index (χ0) is 10.7. The minimum Gasteiger partial charge on any atom is -0.489 e. The van der Waals surface area contributed by atoms with Crippen molar-refractivity contribution in [2.24, 2.45) is 0 Å². The van der Waals surface area contributed by atoms with E-state index in [2.05, 4.69) is 15.9 Å². The molecule has 4 heteroatoms. The van der Waals surface area contributed by atoms with E-state index in [4.69, 9.17) is 9.47 Å². The van der Waals surface area contributed by atoms with Crippen LogP contribution in [-0.2, 0) is 6.42 Å². The molecule has 0 amide bonds. The summed E-state index contributed by atoms with van der Waals surface area (Å²) >= 11 is 3.28. The Hall–Kier alpha value is -0.770. The second kappa shape index (κ2) is 4.84. The molecule has 0 aromatic heterocycles. The van der Waals surface area contributed by atoms with E-state index in [0.29, 0.717) is 30.3 Å². The molecular formula is C11H12BrFO2. The summed E-state index contributed by atoms with van der Waals surface area (Å²) in [7, 11) is 0. The smallest absolute Gasteiger partial charge is 0.167 e. The average Bonchev–Trinajstić information content (AvgIpc) is 2.29. The average molecular weight is 275 g/mol. The third-order valence-corrected chi connectivity index (χ3v) is 2.64. The molecular weight excluding hydrogens is 263 g/mol. The van der Waals surface area contributed by atoms with Gasteiger partial charge in [-0.1, -0.05) is 15.9 Å². The summed E-state index contributed by atoms with van der Waals surface area (Å²) < 4.78 is 24.4. The molecule has 0 unspecified atom stereocenters. The van der Waals surface area contributed by atoms with Crippen molar-refractivity contribution >= 4 is 15.9 Å². The maximum absolute atomic E-state index is 13.4. The minimum absolute atomic E-state index is 0.198. The van der Waals surface area contributed by atoms with Crippen LogP contribution in [0.25, 0.3) is 0 Å². The van der Waals surface area contributed by atoms with Crippen molar-refractivity contribution in [2.45, 2.75) is 12.8 Å². The quantitative estimate of drug-likeness (QED) is 0.790. The molecule has 82 valence electrons. The Morgan fingerprint density at radius 3 is 3.13 bits per heavy atom. The number of hydrogen-bond donors (Lipinski definition) is 0. The minimum atomic E-state index is -0.198. The highest BCUT2D eigenvalue weighted by atomic mass is 79.9. The fourth-order valence-corrected chi connectivity index (χ4v) is 1.82. The first kappa shape index (κ1) is 10.7. The predicted octanol–water partition coefficient (Wildman–Crippen LogP) is 2.92. The fourth-order valence-electron chi connectivity index (χ4n) is 1.66. The van der Waals surface area contributed by atoms with E-state index in [9.17, 15) is 4.39 Å².